The van der Waals surface area contributed by atoms with Gasteiger partial charge in [-0.15, -0.1) is 22.7 Å². The van der Waals surface area contributed by atoms with Gasteiger partial charge in [-0.1, -0.05) is 12.1 Å². The Bertz CT molecular complexity index is 1240. The number of rotatable bonds is 8. The largest absolute Gasteiger partial charge is 0.493 e. The summed E-state index contributed by atoms with van der Waals surface area (Å²) in [5.74, 6) is 1.96. The van der Waals surface area contributed by atoms with E-state index in [1.807, 2.05) is 30.5 Å². The number of nitrogens with zero attached hydrogens (tertiary/aromatic N) is 4. The average molecular weight is 470 g/mol. The number of benzene rings is 1. The number of hydrogen-bond acceptors (Lipinski definition) is 9. The lowest BCUT2D eigenvalue weighted by molar-refractivity contribution is 0.0788. The number of aromatic nitrogens is 3. The summed E-state index contributed by atoms with van der Waals surface area (Å²) in [6.07, 6.45) is 1.51. The molecule has 0 radical (unpaired) electrons. The first-order valence-corrected chi connectivity index (χ1v) is 11.6. The number of para-hydroxylation sites is 1. The summed E-state index contributed by atoms with van der Waals surface area (Å²) >= 11 is 2.89. The number of carbonyl (C=O) groups excluding carboxylic acids is 1. The summed E-state index contributed by atoms with van der Waals surface area (Å²) in [5, 5.41) is 6.17. The second kappa shape index (κ2) is 9.49. The van der Waals surface area contributed by atoms with E-state index in [-0.39, 0.29) is 5.91 Å². The van der Waals surface area contributed by atoms with Crippen LogP contribution in [0.3, 0.4) is 0 Å². The smallest absolute Gasteiger partial charge is 0.264 e. The maximum absolute atomic E-state index is 13.1. The zero-order valence-corrected chi connectivity index (χ0v) is 19.8. The molecular weight excluding hydrogens is 446 g/mol. The fourth-order valence-electron chi connectivity index (χ4n) is 3.49. The van der Waals surface area contributed by atoms with Gasteiger partial charge in [0.25, 0.3) is 5.91 Å². The van der Waals surface area contributed by atoms with Crippen LogP contribution in [0.4, 0.5) is 5.82 Å². The molecule has 10 heteroatoms. The van der Waals surface area contributed by atoms with Crippen molar-refractivity contribution in [1.82, 2.24) is 19.9 Å². The van der Waals surface area contributed by atoms with Gasteiger partial charge in [0.1, 0.15) is 17.0 Å². The van der Waals surface area contributed by atoms with Crippen LogP contribution in [-0.4, -0.2) is 47.0 Å². The summed E-state index contributed by atoms with van der Waals surface area (Å²) in [7, 11) is 5.01. The molecule has 0 bridgehead atoms. The first kappa shape index (κ1) is 22.0. The van der Waals surface area contributed by atoms with Crippen molar-refractivity contribution in [3.05, 3.63) is 57.1 Å². The van der Waals surface area contributed by atoms with E-state index < -0.39 is 0 Å². The lowest BCUT2D eigenvalue weighted by atomic mass is 10.1. The zero-order chi connectivity index (χ0) is 22.7. The Hall–Kier alpha value is -3.24. The molecule has 8 nitrogen and oxygen atoms in total. The minimum absolute atomic E-state index is 0.0566. The number of ether oxygens (including phenoxy) is 2. The van der Waals surface area contributed by atoms with Crippen molar-refractivity contribution in [3.8, 4) is 11.5 Å². The summed E-state index contributed by atoms with van der Waals surface area (Å²) in [6.45, 7) is 2.88. The fourth-order valence-corrected chi connectivity index (χ4v) is 5.18. The van der Waals surface area contributed by atoms with Crippen molar-refractivity contribution in [2.24, 2.45) is 0 Å². The molecular formula is C22H23N5O3S2. The Balaban J connectivity index is 1.61. The number of hydrogen-bond donors (Lipinski definition) is 1. The maximum Gasteiger partial charge on any atom is 0.264 e. The van der Waals surface area contributed by atoms with E-state index in [4.69, 9.17) is 9.47 Å². The Morgan fingerprint density at radius 1 is 1.19 bits per heavy atom. The van der Waals surface area contributed by atoms with E-state index in [9.17, 15) is 4.79 Å². The predicted molar refractivity (Wildman–Crippen MR) is 127 cm³/mol. The second-order valence-corrected chi connectivity index (χ2v) is 8.82. The lowest BCUT2D eigenvalue weighted by Gasteiger charge is -2.15. The number of carbonyl (C=O) groups is 1. The molecule has 0 aliphatic carbocycles. The van der Waals surface area contributed by atoms with Crippen LogP contribution in [0, 0.1) is 6.92 Å². The summed E-state index contributed by atoms with van der Waals surface area (Å²) < 4.78 is 10.9. The molecule has 0 unspecified atom stereocenters. The fraction of sp³-hybridized carbons (Fsp3) is 0.273. The van der Waals surface area contributed by atoms with Crippen LogP contribution >= 0.6 is 22.7 Å². The van der Waals surface area contributed by atoms with Gasteiger partial charge in [0.05, 0.1) is 42.2 Å². The van der Waals surface area contributed by atoms with Crippen LogP contribution in [-0.2, 0) is 13.1 Å². The summed E-state index contributed by atoms with van der Waals surface area (Å²) in [6, 6.07) is 5.74. The molecule has 0 aliphatic rings. The van der Waals surface area contributed by atoms with Crippen molar-refractivity contribution in [2.75, 3.05) is 26.6 Å². The molecule has 166 valence electrons. The maximum atomic E-state index is 13.1. The molecule has 0 fully saturated rings. The van der Waals surface area contributed by atoms with Crippen molar-refractivity contribution in [1.29, 1.82) is 0 Å². The number of anilines is 1. The Labute approximate surface area is 193 Å². The summed E-state index contributed by atoms with van der Waals surface area (Å²) in [4.78, 5) is 29.3. The van der Waals surface area contributed by atoms with Gasteiger partial charge < -0.3 is 19.7 Å². The number of aryl methyl sites for hydroxylation is 1. The number of amides is 1. The predicted octanol–water partition coefficient (Wildman–Crippen LogP) is 4.36. The van der Waals surface area contributed by atoms with Gasteiger partial charge in [-0.3, -0.25) is 4.79 Å². The normalized spacial score (nSPS) is 10.9. The molecule has 32 heavy (non-hydrogen) atoms. The lowest BCUT2D eigenvalue weighted by Crippen LogP contribution is -2.26. The second-order valence-electron chi connectivity index (χ2n) is 7.11. The molecule has 1 aromatic carbocycles. The zero-order valence-electron chi connectivity index (χ0n) is 18.2. The van der Waals surface area contributed by atoms with E-state index in [1.54, 1.807) is 31.7 Å². The Morgan fingerprint density at radius 2 is 2.03 bits per heavy atom. The first-order chi connectivity index (χ1) is 15.5. The van der Waals surface area contributed by atoms with Crippen molar-refractivity contribution in [3.63, 3.8) is 0 Å². The van der Waals surface area contributed by atoms with Crippen molar-refractivity contribution < 1.29 is 14.3 Å². The molecule has 1 N–H and O–H groups in total. The molecule has 0 saturated heterocycles. The number of nitrogens with one attached hydrogen (secondary N) is 1. The highest BCUT2D eigenvalue weighted by atomic mass is 32.1. The van der Waals surface area contributed by atoms with E-state index in [0.29, 0.717) is 35.3 Å². The van der Waals surface area contributed by atoms with Crippen molar-refractivity contribution in [2.45, 2.75) is 20.0 Å². The van der Waals surface area contributed by atoms with E-state index in [0.717, 1.165) is 27.0 Å². The standard InChI is InChI=1S/C22H23N5O3S2/c1-13-17-20(23-8-14-6-5-7-16(29-3)18(14)30-4)24-11-25-21(17)32-19(13)22(28)27(2)9-15-10-31-12-26-15/h5-7,10-12H,8-9H2,1-4H3,(H,23,24,25). The van der Waals surface area contributed by atoms with Gasteiger partial charge in [0, 0.05) is 24.5 Å². The number of thiazole rings is 1. The third-order valence-corrected chi connectivity index (χ3v) is 6.90. The van der Waals surface area contributed by atoms with E-state index >= 15 is 0 Å². The molecule has 3 heterocycles. The SMILES string of the molecule is COc1cccc(CNc2ncnc3sc(C(=O)N(C)Cc4cscn4)c(C)c23)c1OC. The Kier molecular flexibility index (Phi) is 6.52. The minimum atomic E-state index is -0.0566. The van der Waals surface area contributed by atoms with E-state index in [2.05, 4.69) is 20.3 Å². The van der Waals surface area contributed by atoms with Gasteiger partial charge >= 0.3 is 0 Å². The van der Waals surface area contributed by atoms with Gasteiger partial charge in [-0.25, -0.2) is 15.0 Å². The molecule has 0 atom stereocenters. The third-order valence-electron chi connectivity index (χ3n) is 5.08. The van der Waals surface area contributed by atoms with Crippen LogP contribution < -0.4 is 14.8 Å². The van der Waals surface area contributed by atoms with Gasteiger partial charge in [0.15, 0.2) is 11.5 Å². The van der Waals surface area contributed by atoms with Gasteiger partial charge in [0.2, 0.25) is 0 Å². The minimum Gasteiger partial charge on any atom is -0.493 e. The number of fused-ring (bicyclic) bond motifs is 1. The molecule has 0 saturated carbocycles. The molecule has 4 aromatic rings. The topological polar surface area (TPSA) is 89.5 Å². The molecule has 1 amide bonds. The first-order valence-electron chi connectivity index (χ1n) is 9.83. The van der Waals surface area contributed by atoms with Crippen LogP contribution in [0.15, 0.2) is 35.4 Å². The highest BCUT2D eigenvalue weighted by Crippen LogP contribution is 2.35. The highest BCUT2D eigenvalue weighted by Gasteiger charge is 2.22. The van der Waals surface area contributed by atoms with Crippen LogP contribution in [0.1, 0.15) is 26.5 Å². The quantitative estimate of drug-likeness (QED) is 0.410. The van der Waals surface area contributed by atoms with Gasteiger partial charge in [-0.2, -0.15) is 0 Å². The molecule has 4 rings (SSSR count). The number of thiophene rings is 1. The average Bonchev–Trinajstić information content (AvgIpc) is 3.44. The Morgan fingerprint density at radius 3 is 2.75 bits per heavy atom. The van der Waals surface area contributed by atoms with Crippen LogP contribution in [0.2, 0.25) is 0 Å². The molecule has 0 spiro atoms. The van der Waals surface area contributed by atoms with E-state index in [1.165, 1.54) is 29.0 Å². The monoisotopic (exact) mass is 469 g/mol. The summed E-state index contributed by atoms with van der Waals surface area (Å²) in [5.41, 5.74) is 4.44. The highest BCUT2D eigenvalue weighted by molar-refractivity contribution is 7.20. The van der Waals surface area contributed by atoms with Crippen LogP contribution in [0.5, 0.6) is 11.5 Å². The number of methoxy groups -OCH3 is 2. The molecule has 3 aromatic heterocycles. The van der Waals surface area contributed by atoms with Gasteiger partial charge in [-0.05, 0) is 18.6 Å². The third kappa shape index (κ3) is 4.23. The van der Waals surface area contributed by atoms with Crippen LogP contribution in [0.25, 0.3) is 10.2 Å². The van der Waals surface area contributed by atoms with Crippen molar-refractivity contribution >= 4 is 44.6 Å². The molecule has 0 aliphatic heterocycles.